The van der Waals surface area contributed by atoms with E-state index in [1.54, 1.807) is 31.2 Å². The van der Waals surface area contributed by atoms with Gasteiger partial charge in [-0.05, 0) is 53.6 Å². The highest BCUT2D eigenvalue weighted by atomic mass is 35.5. The number of nitrogens with one attached hydrogen (secondary N) is 3. The van der Waals surface area contributed by atoms with Gasteiger partial charge in [0.05, 0.1) is 11.5 Å². The fraction of sp³-hybridized carbons (Fsp3) is 0.355. The van der Waals surface area contributed by atoms with Crippen LogP contribution in [0.25, 0.3) is 0 Å². The Hall–Kier alpha value is -3.69. The molecule has 0 saturated carbocycles. The molecule has 4 N–H and O–H groups in total. The summed E-state index contributed by atoms with van der Waals surface area (Å²) >= 11 is 6.09. The van der Waals surface area contributed by atoms with Gasteiger partial charge < -0.3 is 21.1 Å². The number of carboxylic acids is 1. The van der Waals surface area contributed by atoms with Gasteiger partial charge in [0.25, 0.3) is 0 Å². The van der Waals surface area contributed by atoms with Crippen molar-refractivity contribution in [3.63, 3.8) is 0 Å². The minimum atomic E-state index is -1.44. The second kappa shape index (κ2) is 11.7. The maximum atomic E-state index is 15.9. The van der Waals surface area contributed by atoms with Gasteiger partial charge in [-0.1, -0.05) is 62.7 Å². The Morgan fingerprint density at radius 2 is 1.93 bits per heavy atom. The minimum absolute atomic E-state index is 0.0315. The molecule has 4 rings (SSSR count). The normalized spacial score (nSPS) is 22.4. The van der Waals surface area contributed by atoms with E-state index in [0.717, 1.165) is 6.21 Å². The predicted molar refractivity (Wildman–Crippen MR) is 154 cm³/mol. The molecule has 7 nitrogen and oxygen atoms in total. The van der Waals surface area contributed by atoms with Crippen LogP contribution < -0.4 is 10.6 Å². The van der Waals surface area contributed by atoms with Crippen molar-refractivity contribution in [2.24, 2.45) is 5.41 Å². The van der Waals surface area contributed by atoms with Crippen molar-refractivity contribution in [3.05, 3.63) is 99.3 Å². The fourth-order valence-corrected chi connectivity index (χ4v) is 5.94. The Bertz CT molecular complexity index is 1480. The summed E-state index contributed by atoms with van der Waals surface area (Å²) in [4.78, 5) is 28.9. The standard InChI is InChI=1S/C31H33ClF2N4O3/c1-17-6-5-7-20(26(17)34)25-27(28(39)37-15-18-8-11-23(29(40)41)36-14-18)38-24(13-30(2,3)4)31(25,16-35)21-10-9-19(32)12-22(21)33/h5-12,14,16,24-25,27,35,38H,13,15H2,1-4H3,(H,37,39)(H,40,41)/t24-,25-,27+,31-/m0/s1. The predicted octanol–water partition coefficient (Wildman–Crippen LogP) is 5.78. The van der Waals surface area contributed by atoms with Crippen molar-refractivity contribution >= 4 is 29.7 Å². The molecule has 0 radical (unpaired) electrons. The molecule has 0 aliphatic carbocycles. The molecule has 10 heteroatoms. The van der Waals surface area contributed by atoms with Crippen molar-refractivity contribution < 1.29 is 23.5 Å². The molecule has 1 amide bonds. The van der Waals surface area contributed by atoms with E-state index < -0.39 is 46.9 Å². The van der Waals surface area contributed by atoms with Crippen molar-refractivity contribution in [1.82, 2.24) is 15.6 Å². The lowest BCUT2D eigenvalue weighted by atomic mass is 9.62. The summed E-state index contributed by atoms with van der Waals surface area (Å²) in [5.41, 5.74) is -0.601. The third kappa shape index (κ3) is 6.01. The smallest absolute Gasteiger partial charge is 0.354 e. The van der Waals surface area contributed by atoms with Crippen LogP contribution in [0, 0.1) is 29.4 Å². The van der Waals surface area contributed by atoms with Gasteiger partial charge in [-0.15, -0.1) is 0 Å². The number of pyridine rings is 1. The number of rotatable bonds is 8. The Balaban J connectivity index is 1.84. The van der Waals surface area contributed by atoms with Gasteiger partial charge in [-0.25, -0.2) is 18.6 Å². The van der Waals surface area contributed by atoms with Crippen molar-refractivity contribution in [3.8, 4) is 0 Å². The summed E-state index contributed by atoms with van der Waals surface area (Å²) in [6.07, 6.45) is 2.94. The Kier molecular flexibility index (Phi) is 8.61. The van der Waals surface area contributed by atoms with Gasteiger partial charge in [0.15, 0.2) is 0 Å². The van der Waals surface area contributed by atoms with Gasteiger partial charge in [0, 0.05) is 41.5 Å². The van der Waals surface area contributed by atoms with Crippen LogP contribution in [0.5, 0.6) is 0 Å². The molecule has 1 saturated heterocycles. The van der Waals surface area contributed by atoms with Gasteiger partial charge in [0.1, 0.15) is 17.3 Å². The van der Waals surface area contributed by atoms with Crippen LogP contribution in [0.1, 0.15) is 65.9 Å². The van der Waals surface area contributed by atoms with E-state index in [-0.39, 0.29) is 33.8 Å². The first-order chi connectivity index (χ1) is 19.3. The van der Waals surface area contributed by atoms with Gasteiger partial charge >= 0.3 is 5.97 Å². The number of amides is 1. The summed E-state index contributed by atoms with van der Waals surface area (Å²) in [5, 5.41) is 24.2. The molecule has 0 unspecified atom stereocenters. The third-order valence-corrected chi connectivity index (χ3v) is 7.84. The first-order valence-corrected chi connectivity index (χ1v) is 13.6. The van der Waals surface area contributed by atoms with E-state index in [1.807, 2.05) is 20.8 Å². The lowest BCUT2D eigenvalue weighted by Crippen LogP contribution is -2.47. The van der Waals surface area contributed by atoms with Crippen LogP contribution in [0.4, 0.5) is 8.78 Å². The Morgan fingerprint density at radius 1 is 1.20 bits per heavy atom. The van der Waals surface area contributed by atoms with Gasteiger partial charge in [0.2, 0.25) is 5.91 Å². The SMILES string of the molecule is Cc1cccc([C@H]2[C@H](C(=O)NCc3ccc(C(=O)O)nc3)N[C@@H](CC(C)(C)C)[C@]2(C=N)c2ccc(Cl)cc2F)c1F. The topological polar surface area (TPSA) is 115 Å². The number of carbonyl (C=O) groups excluding carboxylic acids is 1. The Morgan fingerprint density at radius 3 is 2.51 bits per heavy atom. The molecule has 0 bridgehead atoms. The molecule has 4 atom stereocenters. The highest BCUT2D eigenvalue weighted by molar-refractivity contribution is 6.30. The van der Waals surface area contributed by atoms with E-state index in [9.17, 15) is 9.59 Å². The number of aromatic nitrogens is 1. The zero-order valence-electron chi connectivity index (χ0n) is 23.3. The number of hydrogen-bond acceptors (Lipinski definition) is 5. The lowest BCUT2D eigenvalue weighted by Gasteiger charge is -2.40. The van der Waals surface area contributed by atoms with E-state index >= 15 is 8.78 Å². The monoisotopic (exact) mass is 582 g/mol. The van der Waals surface area contributed by atoms with Crippen LogP contribution in [0.15, 0.2) is 54.7 Å². The maximum absolute atomic E-state index is 15.9. The Labute approximate surface area is 242 Å². The zero-order chi connectivity index (χ0) is 30.1. The average molecular weight is 583 g/mol. The summed E-state index contributed by atoms with van der Waals surface area (Å²) in [7, 11) is 0. The fourth-order valence-electron chi connectivity index (χ4n) is 5.78. The van der Waals surface area contributed by atoms with Crippen molar-refractivity contribution in [1.29, 1.82) is 5.41 Å². The summed E-state index contributed by atoms with van der Waals surface area (Å²) in [5.74, 6) is -3.81. The van der Waals surface area contributed by atoms with Crippen LogP contribution in [-0.4, -0.2) is 40.3 Å². The lowest BCUT2D eigenvalue weighted by molar-refractivity contribution is -0.123. The van der Waals surface area contributed by atoms with Crippen molar-refractivity contribution in [2.45, 2.75) is 64.1 Å². The maximum Gasteiger partial charge on any atom is 0.354 e. The highest BCUT2D eigenvalue weighted by Crippen LogP contribution is 2.51. The molecular formula is C31H33ClF2N4O3. The van der Waals surface area contributed by atoms with Gasteiger partial charge in [-0.2, -0.15) is 0 Å². The van der Waals surface area contributed by atoms with Crippen LogP contribution in [0.3, 0.4) is 0 Å². The second-order valence-corrected chi connectivity index (χ2v) is 12.1. The molecule has 41 heavy (non-hydrogen) atoms. The molecule has 0 spiro atoms. The summed E-state index contributed by atoms with van der Waals surface area (Å²) in [6.45, 7) is 7.66. The average Bonchev–Trinajstić information content (AvgIpc) is 3.22. The van der Waals surface area contributed by atoms with E-state index in [1.165, 1.54) is 30.5 Å². The van der Waals surface area contributed by atoms with E-state index in [2.05, 4.69) is 15.6 Å². The quantitative estimate of drug-likeness (QED) is 0.251. The molecule has 2 aromatic carbocycles. The summed E-state index contributed by atoms with van der Waals surface area (Å²) < 4.78 is 31.6. The molecule has 1 aromatic heterocycles. The molecular weight excluding hydrogens is 550 g/mol. The number of halogens is 3. The molecule has 1 fully saturated rings. The number of carboxylic acid groups (broad SMARTS) is 1. The first kappa shape index (κ1) is 30.3. The molecule has 216 valence electrons. The summed E-state index contributed by atoms with van der Waals surface area (Å²) in [6, 6.07) is 10.3. The largest absolute Gasteiger partial charge is 0.477 e. The number of aromatic carboxylic acids is 1. The third-order valence-electron chi connectivity index (χ3n) is 7.61. The number of hydrogen-bond donors (Lipinski definition) is 4. The van der Waals surface area contributed by atoms with E-state index in [4.69, 9.17) is 22.1 Å². The number of nitrogens with zero attached hydrogens (tertiary/aromatic N) is 1. The number of benzene rings is 2. The van der Waals surface area contributed by atoms with Crippen LogP contribution in [0.2, 0.25) is 5.02 Å². The van der Waals surface area contributed by atoms with Gasteiger partial charge in [-0.3, -0.25) is 4.79 Å². The van der Waals surface area contributed by atoms with E-state index in [0.29, 0.717) is 17.5 Å². The molecule has 3 aromatic rings. The second-order valence-electron chi connectivity index (χ2n) is 11.7. The molecule has 2 heterocycles. The first-order valence-electron chi connectivity index (χ1n) is 13.2. The number of carbonyl (C=O) groups is 2. The highest BCUT2D eigenvalue weighted by Gasteiger charge is 2.59. The van der Waals surface area contributed by atoms with Crippen LogP contribution >= 0.6 is 11.6 Å². The molecule has 1 aliphatic rings. The number of aryl methyl sites for hydroxylation is 1. The minimum Gasteiger partial charge on any atom is -0.477 e. The van der Waals surface area contributed by atoms with Crippen LogP contribution in [-0.2, 0) is 16.8 Å². The zero-order valence-corrected chi connectivity index (χ0v) is 24.0. The molecule has 1 aliphatic heterocycles. The van der Waals surface area contributed by atoms with Crippen molar-refractivity contribution in [2.75, 3.05) is 0 Å².